The van der Waals surface area contributed by atoms with Gasteiger partial charge in [0.25, 0.3) is 0 Å². The van der Waals surface area contributed by atoms with Crippen molar-refractivity contribution in [3.63, 3.8) is 0 Å². The summed E-state index contributed by atoms with van der Waals surface area (Å²) in [7, 11) is 0. The van der Waals surface area contributed by atoms with Crippen LogP contribution in [0.4, 0.5) is 0 Å². The minimum atomic E-state index is 1.10. The summed E-state index contributed by atoms with van der Waals surface area (Å²) >= 11 is 0. The highest BCUT2D eigenvalue weighted by atomic mass is 14.8. The van der Waals surface area contributed by atoms with Crippen LogP contribution in [0, 0.1) is 13.8 Å². The van der Waals surface area contributed by atoms with Crippen molar-refractivity contribution in [2.75, 3.05) is 13.1 Å². The molecule has 0 aliphatic carbocycles. The van der Waals surface area contributed by atoms with Crippen LogP contribution in [0.3, 0.4) is 0 Å². The van der Waals surface area contributed by atoms with Gasteiger partial charge in [-0.2, -0.15) is 0 Å². The van der Waals surface area contributed by atoms with E-state index in [2.05, 4.69) is 19.2 Å². The fourth-order valence-electron chi connectivity index (χ4n) is 2.04. The van der Waals surface area contributed by atoms with Gasteiger partial charge in [-0.3, -0.25) is 0 Å². The Morgan fingerprint density at radius 3 is 1.24 bits per heavy atom. The maximum Gasteiger partial charge on any atom is -0.00489 e. The zero-order valence-electron chi connectivity index (χ0n) is 11.8. The average Bonchev–Trinajstić information content (AvgIpc) is 2.35. The Labute approximate surface area is 110 Å². The van der Waals surface area contributed by atoms with Crippen molar-refractivity contribution in [3.05, 3.63) is 13.8 Å². The summed E-state index contributed by atoms with van der Waals surface area (Å²) in [6.07, 6.45) is 15.8. The summed E-state index contributed by atoms with van der Waals surface area (Å²) in [6, 6.07) is 0. The van der Waals surface area contributed by atoms with E-state index in [1.165, 1.54) is 77.3 Å². The Morgan fingerprint density at radius 2 is 0.824 bits per heavy atom. The molecule has 1 N–H and O–H groups in total. The van der Waals surface area contributed by atoms with Crippen LogP contribution in [0.1, 0.15) is 77.0 Å². The van der Waals surface area contributed by atoms with Crippen LogP contribution in [-0.2, 0) is 0 Å². The molecule has 0 atom stereocenters. The largest absolute Gasteiger partial charge is 0.317 e. The lowest BCUT2D eigenvalue weighted by atomic mass is 10.1. The van der Waals surface area contributed by atoms with Gasteiger partial charge in [0, 0.05) is 0 Å². The van der Waals surface area contributed by atoms with Crippen molar-refractivity contribution in [3.8, 4) is 0 Å². The quantitative estimate of drug-likeness (QED) is 0.424. The molecule has 17 heavy (non-hydrogen) atoms. The van der Waals surface area contributed by atoms with Gasteiger partial charge in [-0.15, -0.1) is 0 Å². The first-order valence-electron chi connectivity index (χ1n) is 7.71. The third-order valence-corrected chi connectivity index (χ3v) is 3.21. The molecule has 0 aromatic heterocycles. The van der Waals surface area contributed by atoms with Crippen LogP contribution in [0.2, 0.25) is 0 Å². The van der Waals surface area contributed by atoms with E-state index >= 15 is 0 Å². The molecule has 0 aromatic carbocycles. The summed E-state index contributed by atoms with van der Waals surface area (Å²) in [5.74, 6) is 0. The summed E-state index contributed by atoms with van der Waals surface area (Å²) in [6.45, 7) is 10.1. The predicted molar refractivity (Wildman–Crippen MR) is 79.0 cm³/mol. The summed E-state index contributed by atoms with van der Waals surface area (Å²) in [5, 5.41) is 3.54. The van der Waals surface area contributed by atoms with Crippen LogP contribution >= 0.6 is 0 Å². The van der Waals surface area contributed by atoms with E-state index in [0.717, 1.165) is 12.8 Å². The zero-order chi connectivity index (χ0) is 12.6. The first-order valence-corrected chi connectivity index (χ1v) is 7.71. The van der Waals surface area contributed by atoms with E-state index in [1.807, 2.05) is 0 Å². The lowest BCUT2D eigenvalue weighted by Gasteiger charge is -2.04. The standard InChI is InChI=1S/C16H33N/c1-3-5-7-9-10-12-14-16-17-15-13-11-8-6-4-2/h17H,1-16H2. The van der Waals surface area contributed by atoms with Crippen LogP contribution in [-0.4, -0.2) is 13.1 Å². The molecular formula is C16H33N. The maximum absolute atomic E-state index is 3.87. The minimum Gasteiger partial charge on any atom is -0.317 e. The van der Waals surface area contributed by atoms with E-state index in [1.54, 1.807) is 0 Å². The third kappa shape index (κ3) is 16.0. The Kier molecular flexibility index (Phi) is 15.9. The van der Waals surface area contributed by atoms with Crippen molar-refractivity contribution in [1.82, 2.24) is 5.32 Å². The Morgan fingerprint density at radius 1 is 0.471 bits per heavy atom. The highest BCUT2D eigenvalue weighted by Gasteiger charge is 1.92. The van der Waals surface area contributed by atoms with Crippen molar-refractivity contribution >= 4 is 0 Å². The molecule has 0 spiro atoms. The SMILES string of the molecule is [CH2]CCCCCCCCNCCCCCC[CH2]. The highest BCUT2D eigenvalue weighted by molar-refractivity contribution is 4.52. The summed E-state index contributed by atoms with van der Waals surface area (Å²) in [4.78, 5) is 0. The smallest absolute Gasteiger partial charge is 0.00489 e. The van der Waals surface area contributed by atoms with E-state index < -0.39 is 0 Å². The van der Waals surface area contributed by atoms with Gasteiger partial charge in [0.15, 0.2) is 0 Å². The van der Waals surface area contributed by atoms with E-state index in [0.29, 0.717) is 0 Å². The molecule has 0 fully saturated rings. The topological polar surface area (TPSA) is 12.0 Å². The second kappa shape index (κ2) is 16.0. The fraction of sp³-hybridized carbons (Fsp3) is 0.875. The lowest BCUT2D eigenvalue weighted by Crippen LogP contribution is -2.16. The summed E-state index contributed by atoms with van der Waals surface area (Å²) in [5.41, 5.74) is 0. The van der Waals surface area contributed by atoms with Gasteiger partial charge < -0.3 is 5.32 Å². The number of unbranched alkanes of at least 4 members (excludes halogenated alkanes) is 10. The number of rotatable bonds is 14. The molecule has 0 aliphatic rings. The first-order chi connectivity index (χ1) is 8.41. The van der Waals surface area contributed by atoms with Crippen molar-refractivity contribution < 1.29 is 0 Å². The van der Waals surface area contributed by atoms with E-state index in [4.69, 9.17) is 0 Å². The van der Waals surface area contributed by atoms with Gasteiger partial charge in [0.1, 0.15) is 0 Å². The van der Waals surface area contributed by atoms with Crippen LogP contribution < -0.4 is 5.32 Å². The van der Waals surface area contributed by atoms with Crippen molar-refractivity contribution in [1.29, 1.82) is 0 Å². The molecule has 0 amide bonds. The monoisotopic (exact) mass is 239 g/mol. The maximum atomic E-state index is 3.87. The Bertz CT molecular complexity index is 109. The molecule has 2 radical (unpaired) electrons. The lowest BCUT2D eigenvalue weighted by molar-refractivity contribution is 0.546. The second-order valence-electron chi connectivity index (χ2n) is 4.99. The molecule has 1 nitrogen and oxygen atoms in total. The number of hydrogen-bond donors (Lipinski definition) is 1. The van der Waals surface area contributed by atoms with Gasteiger partial charge in [-0.25, -0.2) is 0 Å². The van der Waals surface area contributed by atoms with Crippen molar-refractivity contribution in [2.24, 2.45) is 0 Å². The third-order valence-electron chi connectivity index (χ3n) is 3.21. The molecule has 102 valence electrons. The van der Waals surface area contributed by atoms with Gasteiger partial charge in [-0.05, 0) is 25.9 Å². The molecule has 0 saturated carbocycles. The molecule has 1 heteroatoms. The molecule has 0 bridgehead atoms. The average molecular weight is 239 g/mol. The first kappa shape index (κ1) is 17.0. The number of hydrogen-bond acceptors (Lipinski definition) is 1. The highest BCUT2D eigenvalue weighted by Crippen LogP contribution is 2.06. The Balaban J connectivity index is 2.85. The van der Waals surface area contributed by atoms with Gasteiger partial charge in [-0.1, -0.05) is 78.1 Å². The minimum absolute atomic E-state index is 1.10. The molecule has 0 unspecified atom stereocenters. The molecule has 0 rings (SSSR count). The number of nitrogens with one attached hydrogen (secondary N) is 1. The summed E-state index contributed by atoms with van der Waals surface area (Å²) < 4.78 is 0. The van der Waals surface area contributed by atoms with Crippen LogP contribution in [0.25, 0.3) is 0 Å². The molecule has 0 aromatic rings. The van der Waals surface area contributed by atoms with E-state index in [-0.39, 0.29) is 0 Å². The van der Waals surface area contributed by atoms with Crippen molar-refractivity contribution in [2.45, 2.75) is 77.0 Å². The van der Waals surface area contributed by atoms with Crippen LogP contribution in [0.15, 0.2) is 0 Å². The zero-order valence-corrected chi connectivity index (χ0v) is 11.8. The Hall–Kier alpha value is -0.0400. The van der Waals surface area contributed by atoms with E-state index in [9.17, 15) is 0 Å². The normalized spacial score (nSPS) is 10.9. The van der Waals surface area contributed by atoms with Gasteiger partial charge in [0.2, 0.25) is 0 Å². The molecular weight excluding hydrogens is 206 g/mol. The molecule has 0 heterocycles. The molecule has 0 aliphatic heterocycles. The van der Waals surface area contributed by atoms with Crippen LogP contribution in [0.5, 0.6) is 0 Å². The van der Waals surface area contributed by atoms with Gasteiger partial charge >= 0.3 is 0 Å². The fourth-order valence-corrected chi connectivity index (χ4v) is 2.04. The predicted octanol–water partition coefficient (Wildman–Crippen LogP) is 4.93. The molecule has 0 saturated heterocycles. The second-order valence-corrected chi connectivity index (χ2v) is 4.99. The van der Waals surface area contributed by atoms with Gasteiger partial charge in [0.05, 0.1) is 0 Å².